The smallest absolute Gasteiger partial charge is 0.449 e. The minimum absolute atomic E-state index is 0.0780. The minimum Gasteiger partial charge on any atom is -0.449 e. The second-order valence-electron chi connectivity index (χ2n) is 7.57. The van der Waals surface area contributed by atoms with Gasteiger partial charge in [0.15, 0.2) is 0 Å². The number of fused-ring (bicyclic) bond motifs is 1. The van der Waals surface area contributed by atoms with Crippen LogP contribution >= 0.6 is 15.9 Å². The Morgan fingerprint density at radius 1 is 0.941 bits per heavy atom. The van der Waals surface area contributed by atoms with Crippen molar-refractivity contribution in [2.45, 2.75) is 20.0 Å². The molecule has 0 bridgehead atoms. The van der Waals surface area contributed by atoms with Gasteiger partial charge in [0.2, 0.25) is 11.2 Å². The van der Waals surface area contributed by atoms with Crippen LogP contribution < -0.4 is 14.9 Å². The van der Waals surface area contributed by atoms with Crippen LogP contribution in [0.4, 0.5) is 13.2 Å². The summed E-state index contributed by atoms with van der Waals surface area (Å²) in [6, 6.07) is 14.8. The Kier molecular flexibility index (Phi) is 6.22. The molecule has 0 unspecified atom stereocenters. The van der Waals surface area contributed by atoms with Crippen molar-refractivity contribution < 1.29 is 31.9 Å². The topological polar surface area (TPSA) is 65.7 Å². The van der Waals surface area contributed by atoms with Gasteiger partial charge in [-0.2, -0.15) is 13.2 Å². The number of hydrogen-bond acceptors (Lipinski definition) is 5. The van der Waals surface area contributed by atoms with Gasteiger partial charge in [0.25, 0.3) is 5.76 Å². The van der Waals surface area contributed by atoms with Crippen LogP contribution in [0, 0.1) is 13.8 Å². The molecule has 1 aromatic heterocycles. The highest BCUT2D eigenvalue weighted by atomic mass is 79.9. The summed E-state index contributed by atoms with van der Waals surface area (Å²) in [4.78, 5) is 25.3. The molecule has 0 aliphatic carbocycles. The lowest BCUT2D eigenvalue weighted by Gasteiger charge is -2.14. The number of halogens is 4. The van der Waals surface area contributed by atoms with Crippen molar-refractivity contribution >= 4 is 32.9 Å². The Morgan fingerprint density at radius 3 is 2.29 bits per heavy atom. The van der Waals surface area contributed by atoms with Crippen LogP contribution in [0.15, 0.2) is 74.3 Å². The molecular formula is C25H16BrF3O5. The van der Waals surface area contributed by atoms with E-state index in [1.165, 1.54) is 36.4 Å². The van der Waals surface area contributed by atoms with Gasteiger partial charge in [0.05, 0.1) is 10.9 Å². The van der Waals surface area contributed by atoms with Gasteiger partial charge in [-0.1, -0.05) is 28.1 Å². The first-order chi connectivity index (χ1) is 16.0. The van der Waals surface area contributed by atoms with Crippen molar-refractivity contribution in [3.8, 4) is 17.2 Å². The average Bonchev–Trinajstić information content (AvgIpc) is 2.74. The minimum atomic E-state index is -5.01. The molecule has 174 valence electrons. The van der Waals surface area contributed by atoms with E-state index in [0.717, 1.165) is 17.2 Å². The summed E-state index contributed by atoms with van der Waals surface area (Å²) in [5.74, 6) is -3.29. The highest BCUT2D eigenvalue weighted by Gasteiger charge is 2.40. The zero-order chi connectivity index (χ0) is 24.6. The summed E-state index contributed by atoms with van der Waals surface area (Å²) in [6.07, 6.45) is -5.01. The molecule has 4 rings (SSSR count). The maximum atomic E-state index is 13.8. The zero-order valence-electron chi connectivity index (χ0n) is 17.8. The predicted molar refractivity (Wildman–Crippen MR) is 123 cm³/mol. The Labute approximate surface area is 199 Å². The zero-order valence-corrected chi connectivity index (χ0v) is 19.4. The summed E-state index contributed by atoms with van der Waals surface area (Å²) in [6.45, 7) is 3.51. The normalized spacial score (nSPS) is 11.5. The molecule has 0 fully saturated rings. The number of carbonyl (C=O) groups excluding carboxylic acids is 1. The van der Waals surface area contributed by atoms with Gasteiger partial charge < -0.3 is 13.9 Å². The van der Waals surface area contributed by atoms with Gasteiger partial charge in [-0.15, -0.1) is 0 Å². The number of alkyl halides is 3. The number of rotatable bonds is 4. The second kappa shape index (κ2) is 8.98. The highest BCUT2D eigenvalue weighted by molar-refractivity contribution is 9.10. The maximum absolute atomic E-state index is 13.8. The molecule has 0 N–H and O–H groups in total. The lowest BCUT2D eigenvalue weighted by atomic mass is 10.1. The van der Waals surface area contributed by atoms with E-state index in [4.69, 9.17) is 13.9 Å². The molecule has 3 aromatic carbocycles. The number of ether oxygens (including phenoxy) is 2. The number of benzene rings is 3. The van der Waals surface area contributed by atoms with Crippen LogP contribution in [0.2, 0.25) is 0 Å². The number of hydrogen-bond donors (Lipinski definition) is 0. The van der Waals surface area contributed by atoms with E-state index >= 15 is 0 Å². The van der Waals surface area contributed by atoms with Crippen LogP contribution in [0.1, 0.15) is 27.2 Å². The monoisotopic (exact) mass is 532 g/mol. The maximum Gasteiger partial charge on any atom is 0.453 e. The quantitative estimate of drug-likeness (QED) is 0.205. The molecule has 0 saturated carbocycles. The molecule has 1 heterocycles. The molecule has 0 aliphatic heterocycles. The lowest BCUT2D eigenvalue weighted by Crippen LogP contribution is -2.15. The van der Waals surface area contributed by atoms with E-state index in [1.807, 2.05) is 6.07 Å². The summed E-state index contributed by atoms with van der Waals surface area (Å²) < 4.78 is 57.7. The third-order valence-electron chi connectivity index (χ3n) is 4.77. The SMILES string of the molecule is Cc1cc(C)cc(Oc2c(C(F)(F)F)oc3cc(OC(=O)c4cccc(Br)c4)ccc3c2=O)c1. The van der Waals surface area contributed by atoms with Gasteiger partial charge in [0.1, 0.15) is 17.1 Å². The first kappa shape index (κ1) is 23.6. The summed E-state index contributed by atoms with van der Waals surface area (Å²) >= 11 is 3.25. The van der Waals surface area contributed by atoms with E-state index in [1.54, 1.807) is 26.0 Å². The van der Waals surface area contributed by atoms with Crippen LogP contribution in [0.3, 0.4) is 0 Å². The van der Waals surface area contributed by atoms with E-state index in [2.05, 4.69) is 15.9 Å². The molecule has 0 saturated heterocycles. The lowest BCUT2D eigenvalue weighted by molar-refractivity contribution is -0.154. The molecule has 9 heteroatoms. The first-order valence-electron chi connectivity index (χ1n) is 9.93. The van der Waals surface area contributed by atoms with Crippen LogP contribution in [-0.2, 0) is 6.18 Å². The van der Waals surface area contributed by atoms with Crippen molar-refractivity contribution in [2.75, 3.05) is 0 Å². The summed E-state index contributed by atoms with van der Waals surface area (Å²) in [5.41, 5.74) is 0.336. The van der Waals surface area contributed by atoms with Crippen LogP contribution in [-0.4, -0.2) is 5.97 Å². The van der Waals surface area contributed by atoms with E-state index in [0.29, 0.717) is 4.47 Å². The molecular weight excluding hydrogens is 517 g/mol. The first-order valence-corrected chi connectivity index (χ1v) is 10.7. The van der Waals surface area contributed by atoms with Gasteiger partial charge in [0, 0.05) is 10.5 Å². The fraction of sp³-hybridized carbons (Fsp3) is 0.120. The number of aryl methyl sites for hydroxylation is 2. The number of carbonyl (C=O) groups is 1. The fourth-order valence-electron chi connectivity index (χ4n) is 3.39. The molecule has 0 aliphatic rings. The van der Waals surface area contributed by atoms with Crippen LogP contribution in [0.5, 0.6) is 17.2 Å². The van der Waals surface area contributed by atoms with E-state index in [-0.39, 0.29) is 22.4 Å². The Bertz CT molecular complexity index is 1450. The van der Waals surface area contributed by atoms with Crippen molar-refractivity contribution in [3.63, 3.8) is 0 Å². The van der Waals surface area contributed by atoms with Gasteiger partial charge in [-0.3, -0.25) is 4.79 Å². The van der Waals surface area contributed by atoms with Gasteiger partial charge in [-0.25, -0.2) is 4.79 Å². The van der Waals surface area contributed by atoms with Crippen molar-refractivity contribution in [1.82, 2.24) is 0 Å². The van der Waals surface area contributed by atoms with E-state index in [9.17, 15) is 22.8 Å². The highest BCUT2D eigenvalue weighted by Crippen LogP contribution is 2.39. The van der Waals surface area contributed by atoms with E-state index < -0.39 is 34.7 Å². The summed E-state index contributed by atoms with van der Waals surface area (Å²) in [7, 11) is 0. The number of esters is 1. The third kappa shape index (κ3) is 4.99. The standard InChI is InChI=1S/C25H16BrF3O5/c1-13-8-14(2)10-18(9-13)32-22-21(30)19-7-6-17(12-20(19)34-23(22)25(27,28)29)33-24(31)15-4-3-5-16(26)11-15/h3-12H,1-2H3. The Hall–Kier alpha value is -3.59. The average molecular weight is 533 g/mol. The molecule has 0 amide bonds. The largest absolute Gasteiger partial charge is 0.453 e. The molecule has 5 nitrogen and oxygen atoms in total. The van der Waals surface area contributed by atoms with Gasteiger partial charge >= 0.3 is 12.1 Å². The molecule has 34 heavy (non-hydrogen) atoms. The van der Waals surface area contributed by atoms with Crippen molar-refractivity contribution in [1.29, 1.82) is 0 Å². The molecule has 4 aromatic rings. The predicted octanol–water partition coefficient (Wildman–Crippen LogP) is 7.20. The van der Waals surface area contributed by atoms with Crippen molar-refractivity contribution in [3.05, 3.63) is 97.8 Å². The fourth-order valence-corrected chi connectivity index (χ4v) is 3.79. The second-order valence-corrected chi connectivity index (χ2v) is 8.49. The van der Waals surface area contributed by atoms with Crippen LogP contribution in [0.25, 0.3) is 11.0 Å². The third-order valence-corrected chi connectivity index (χ3v) is 5.26. The molecule has 0 spiro atoms. The Balaban J connectivity index is 1.77. The molecule has 0 atom stereocenters. The molecule has 0 radical (unpaired) electrons. The van der Waals surface area contributed by atoms with Gasteiger partial charge in [-0.05, 0) is 67.4 Å². The Morgan fingerprint density at radius 2 is 1.65 bits per heavy atom. The van der Waals surface area contributed by atoms with Crippen molar-refractivity contribution in [2.24, 2.45) is 0 Å². The summed E-state index contributed by atoms with van der Waals surface area (Å²) in [5, 5.41) is -0.158.